The number of nitrogens with two attached hydrogens (primary N) is 1. The van der Waals surface area contributed by atoms with E-state index in [9.17, 15) is 0 Å². The molecule has 1 aliphatic rings. The first kappa shape index (κ1) is 15.6. The number of ether oxygens (including phenoxy) is 2. The zero-order valence-corrected chi connectivity index (χ0v) is 12.7. The normalized spacial score (nSPS) is 24.0. The van der Waals surface area contributed by atoms with Crippen molar-refractivity contribution in [2.24, 2.45) is 10.9 Å². The molecule has 0 unspecified atom stereocenters. The molecular weight excluding hydrogens is 270 g/mol. The van der Waals surface area contributed by atoms with E-state index in [4.69, 9.17) is 20.4 Å². The Hall–Kier alpha value is -1.79. The first-order chi connectivity index (χ1) is 10.0. The monoisotopic (exact) mass is 293 g/mol. The van der Waals surface area contributed by atoms with Crippen LogP contribution in [-0.2, 0) is 11.3 Å². The van der Waals surface area contributed by atoms with Crippen molar-refractivity contribution in [3.63, 3.8) is 0 Å². The van der Waals surface area contributed by atoms with E-state index >= 15 is 0 Å². The summed E-state index contributed by atoms with van der Waals surface area (Å²) in [5, 5.41) is 11.9. The van der Waals surface area contributed by atoms with Crippen LogP contribution >= 0.6 is 0 Å². The van der Waals surface area contributed by atoms with Crippen molar-refractivity contribution in [2.45, 2.75) is 32.6 Å². The summed E-state index contributed by atoms with van der Waals surface area (Å²) in [4.78, 5) is 2.34. The number of methoxy groups -OCH3 is 1. The Morgan fingerprint density at radius 2 is 2.10 bits per heavy atom. The second-order valence-electron chi connectivity index (χ2n) is 5.47. The zero-order valence-electron chi connectivity index (χ0n) is 12.7. The molecule has 1 aliphatic heterocycles. The van der Waals surface area contributed by atoms with Crippen molar-refractivity contribution < 1.29 is 14.7 Å². The van der Waals surface area contributed by atoms with Gasteiger partial charge in [0.2, 0.25) is 0 Å². The maximum Gasteiger partial charge on any atom is 0.173 e. The van der Waals surface area contributed by atoms with Crippen LogP contribution in [0.2, 0.25) is 0 Å². The van der Waals surface area contributed by atoms with E-state index in [1.54, 1.807) is 7.11 Å². The maximum atomic E-state index is 8.87. The van der Waals surface area contributed by atoms with Gasteiger partial charge >= 0.3 is 0 Å². The van der Waals surface area contributed by atoms with Gasteiger partial charge in [0.25, 0.3) is 0 Å². The fourth-order valence-electron chi connectivity index (χ4n) is 2.78. The molecule has 3 N–H and O–H groups in total. The molecule has 1 saturated heterocycles. The molecule has 2 atom stereocenters. The standard InChI is InChI=1S/C15H23N3O3/c1-10-7-18(8-11(2)21-10)9-12-4-5-14(20-3)13(6-12)15(16)17-19/h4-6,10-11,19H,7-9H2,1-3H3,(H2,16,17)/t10-,11+. The molecule has 1 aromatic rings. The zero-order chi connectivity index (χ0) is 15.4. The second kappa shape index (κ2) is 6.78. The number of hydrogen-bond donors (Lipinski definition) is 2. The molecule has 1 aromatic carbocycles. The lowest BCUT2D eigenvalue weighted by Gasteiger charge is -2.35. The second-order valence-corrected chi connectivity index (χ2v) is 5.47. The minimum absolute atomic E-state index is 0.0532. The molecule has 6 heteroatoms. The molecule has 0 aliphatic carbocycles. The van der Waals surface area contributed by atoms with Crippen molar-refractivity contribution in [2.75, 3.05) is 20.2 Å². The van der Waals surface area contributed by atoms with Gasteiger partial charge in [-0.25, -0.2) is 0 Å². The maximum absolute atomic E-state index is 8.87. The van der Waals surface area contributed by atoms with E-state index < -0.39 is 0 Å². The number of oxime groups is 1. The van der Waals surface area contributed by atoms with Crippen molar-refractivity contribution in [1.29, 1.82) is 0 Å². The van der Waals surface area contributed by atoms with Crippen LogP contribution < -0.4 is 10.5 Å². The number of nitrogens with zero attached hydrogens (tertiary/aromatic N) is 2. The van der Waals surface area contributed by atoms with Gasteiger partial charge in [-0.2, -0.15) is 0 Å². The van der Waals surface area contributed by atoms with Crippen LogP contribution in [0.5, 0.6) is 5.75 Å². The third-order valence-corrected chi connectivity index (χ3v) is 3.55. The molecule has 116 valence electrons. The predicted octanol–water partition coefficient (Wildman–Crippen LogP) is 1.40. The molecule has 0 amide bonds. The van der Waals surface area contributed by atoms with Gasteiger partial charge in [-0.1, -0.05) is 11.2 Å². The molecule has 1 heterocycles. The number of rotatable bonds is 4. The van der Waals surface area contributed by atoms with Crippen molar-refractivity contribution >= 4 is 5.84 Å². The van der Waals surface area contributed by atoms with Gasteiger partial charge in [-0.3, -0.25) is 4.90 Å². The first-order valence-corrected chi connectivity index (χ1v) is 7.06. The van der Waals surface area contributed by atoms with Crippen LogP contribution in [0.1, 0.15) is 25.0 Å². The van der Waals surface area contributed by atoms with E-state index in [1.807, 2.05) is 18.2 Å². The van der Waals surface area contributed by atoms with Crippen LogP contribution in [0.3, 0.4) is 0 Å². The van der Waals surface area contributed by atoms with Gasteiger partial charge in [0, 0.05) is 19.6 Å². The van der Waals surface area contributed by atoms with Crippen molar-refractivity contribution in [3.8, 4) is 5.75 Å². The van der Waals surface area contributed by atoms with Crippen molar-refractivity contribution in [1.82, 2.24) is 4.90 Å². The predicted molar refractivity (Wildman–Crippen MR) is 80.8 cm³/mol. The molecule has 6 nitrogen and oxygen atoms in total. The number of benzene rings is 1. The highest BCUT2D eigenvalue weighted by atomic mass is 16.5. The highest BCUT2D eigenvalue weighted by molar-refractivity contribution is 5.99. The fraction of sp³-hybridized carbons (Fsp3) is 0.533. The van der Waals surface area contributed by atoms with Crippen LogP contribution in [-0.4, -0.2) is 48.4 Å². The smallest absolute Gasteiger partial charge is 0.173 e. The van der Waals surface area contributed by atoms with E-state index in [0.29, 0.717) is 11.3 Å². The third-order valence-electron chi connectivity index (χ3n) is 3.55. The number of morpholine rings is 1. The Kier molecular flexibility index (Phi) is 5.03. The highest BCUT2D eigenvalue weighted by Gasteiger charge is 2.22. The average Bonchev–Trinajstić information content (AvgIpc) is 2.45. The third kappa shape index (κ3) is 3.86. The summed E-state index contributed by atoms with van der Waals surface area (Å²) in [5.41, 5.74) is 7.40. The summed E-state index contributed by atoms with van der Waals surface area (Å²) in [6.45, 7) is 6.76. The van der Waals surface area contributed by atoms with Gasteiger partial charge in [0.05, 0.1) is 24.9 Å². The van der Waals surface area contributed by atoms with E-state index in [2.05, 4.69) is 23.9 Å². The molecule has 0 aromatic heterocycles. The quantitative estimate of drug-likeness (QED) is 0.379. The van der Waals surface area contributed by atoms with Crippen LogP contribution in [0.4, 0.5) is 0 Å². The summed E-state index contributed by atoms with van der Waals surface area (Å²) in [6, 6.07) is 5.74. The van der Waals surface area contributed by atoms with Gasteiger partial charge in [0.1, 0.15) is 5.75 Å². The Labute approximate surface area is 125 Å². The van der Waals surface area contributed by atoms with Crippen LogP contribution in [0.15, 0.2) is 23.4 Å². The Balaban J connectivity index is 2.17. The minimum Gasteiger partial charge on any atom is -0.496 e. The Morgan fingerprint density at radius 1 is 1.43 bits per heavy atom. The van der Waals surface area contributed by atoms with Gasteiger partial charge in [-0.15, -0.1) is 0 Å². The molecule has 0 bridgehead atoms. The topological polar surface area (TPSA) is 80.3 Å². The molecular formula is C15H23N3O3. The lowest BCUT2D eigenvalue weighted by atomic mass is 10.1. The molecule has 2 rings (SSSR count). The SMILES string of the molecule is COc1ccc(CN2C[C@@H](C)O[C@@H](C)C2)cc1/C(N)=N/O. The molecule has 0 spiro atoms. The Morgan fingerprint density at radius 3 is 2.67 bits per heavy atom. The van der Waals surface area contributed by atoms with Gasteiger partial charge in [-0.05, 0) is 31.5 Å². The van der Waals surface area contributed by atoms with Crippen LogP contribution in [0.25, 0.3) is 0 Å². The summed E-state index contributed by atoms with van der Waals surface area (Å²) in [6.07, 6.45) is 0.464. The lowest BCUT2D eigenvalue weighted by molar-refractivity contribution is -0.0704. The highest BCUT2D eigenvalue weighted by Crippen LogP contribution is 2.21. The van der Waals surface area contributed by atoms with Gasteiger partial charge in [0.15, 0.2) is 5.84 Å². The molecule has 0 saturated carbocycles. The summed E-state index contributed by atoms with van der Waals surface area (Å²) < 4.78 is 11.0. The number of amidine groups is 1. The van der Waals surface area contributed by atoms with E-state index in [0.717, 1.165) is 25.2 Å². The molecule has 21 heavy (non-hydrogen) atoms. The summed E-state index contributed by atoms with van der Waals surface area (Å²) >= 11 is 0. The average molecular weight is 293 g/mol. The lowest BCUT2D eigenvalue weighted by Crippen LogP contribution is -2.44. The van der Waals surface area contributed by atoms with Crippen LogP contribution in [0, 0.1) is 0 Å². The minimum atomic E-state index is 0.0532. The molecule has 1 fully saturated rings. The van der Waals surface area contributed by atoms with E-state index in [-0.39, 0.29) is 18.0 Å². The largest absolute Gasteiger partial charge is 0.496 e. The Bertz CT molecular complexity index is 509. The number of hydrogen-bond acceptors (Lipinski definition) is 5. The van der Waals surface area contributed by atoms with Crippen molar-refractivity contribution in [3.05, 3.63) is 29.3 Å². The first-order valence-electron chi connectivity index (χ1n) is 7.06. The van der Waals surface area contributed by atoms with E-state index in [1.165, 1.54) is 0 Å². The summed E-state index contributed by atoms with van der Waals surface area (Å²) in [5.74, 6) is 0.648. The van der Waals surface area contributed by atoms with Gasteiger partial charge < -0.3 is 20.4 Å². The summed E-state index contributed by atoms with van der Waals surface area (Å²) in [7, 11) is 1.56. The fourth-order valence-corrected chi connectivity index (χ4v) is 2.78. The molecule has 0 radical (unpaired) electrons.